The third-order valence-corrected chi connectivity index (χ3v) is 3.29. The highest BCUT2D eigenvalue weighted by Crippen LogP contribution is 2.11. The molecule has 0 unspecified atom stereocenters. The smallest absolute Gasteiger partial charge is 0.289 e. The zero-order valence-corrected chi connectivity index (χ0v) is 12.4. The Bertz CT molecular complexity index is 657. The molecule has 0 spiro atoms. The van der Waals surface area contributed by atoms with Gasteiger partial charge < -0.3 is 13.9 Å². The molecule has 0 saturated heterocycles. The van der Waals surface area contributed by atoms with Gasteiger partial charge in [-0.3, -0.25) is 9.59 Å². The van der Waals surface area contributed by atoms with Crippen LogP contribution in [-0.4, -0.2) is 29.0 Å². The van der Waals surface area contributed by atoms with Crippen molar-refractivity contribution in [2.75, 3.05) is 13.6 Å². The van der Waals surface area contributed by atoms with Crippen molar-refractivity contribution in [3.8, 4) is 0 Å². The summed E-state index contributed by atoms with van der Waals surface area (Å²) >= 11 is 0. The van der Waals surface area contributed by atoms with Crippen molar-refractivity contribution in [2.45, 2.75) is 26.3 Å². The maximum absolute atomic E-state index is 12.1. The predicted molar refractivity (Wildman–Crippen MR) is 80.4 cm³/mol. The van der Waals surface area contributed by atoms with Crippen molar-refractivity contribution in [3.63, 3.8) is 0 Å². The molecule has 21 heavy (non-hydrogen) atoms. The monoisotopic (exact) mass is 288 g/mol. The molecular formula is C16H20N2O3. The molecule has 0 N–H and O–H groups in total. The lowest BCUT2D eigenvalue weighted by Gasteiger charge is -2.14. The fourth-order valence-electron chi connectivity index (χ4n) is 2.02. The molecule has 0 atom stereocenters. The molecule has 112 valence electrons. The summed E-state index contributed by atoms with van der Waals surface area (Å²) in [6.45, 7) is 3.12. The second-order valence-corrected chi connectivity index (χ2v) is 5.01. The van der Waals surface area contributed by atoms with Gasteiger partial charge in [-0.05, 0) is 24.6 Å². The summed E-state index contributed by atoms with van der Waals surface area (Å²) < 4.78 is 7.09. The Kier molecular flexibility index (Phi) is 4.98. The first-order valence-electron chi connectivity index (χ1n) is 7.11. The molecule has 5 nitrogen and oxygen atoms in total. The first kappa shape index (κ1) is 15.1. The highest BCUT2D eigenvalue weighted by atomic mass is 16.4. The van der Waals surface area contributed by atoms with Gasteiger partial charge >= 0.3 is 0 Å². The lowest BCUT2D eigenvalue weighted by Crippen LogP contribution is -2.27. The number of hydrogen-bond acceptors (Lipinski definition) is 3. The van der Waals surface area contributed by atoms with E-state index in [0.717, 1.165) is 12.8 Å². The summed E-state index contributed by atoms with van der Waals surface area (Å²) in [7, 11) is 1.77. The third kappa shape index (κ3) is 3.84. The topological polar surface area (TPSA) is 55.5 Å². The van der Waals surface area contributed by atoms with E-state index in [9.17, 15) is 9.59 Å². The Balaban J connectivity index is 2.06. The molecule has 0 aliphatic heterocycles. The SMILES string of the molecule is CCCCN(C)C(=O)c1ccc(Cn2ccccc2=O)o1. The van der Waals surface area contributed by atoms with E-state index in [2.05, 4.69) is 6.92 Å². The first-order chi connectivity index (χ1) is 10.1. The van der Waals surface area contributed by atoms with Gasteiger partial charge in [0.25, 0.3) is 11.5 Å². The van der Waals surface area contributed by atoms with E-state index in [1.807, 2.05) is 0 Å². The van der Waals surface area contributed by atoms with Gasteiger partial charge in [0.2, 0.25) is 0 Å². The molecule has 2 aromatic rings. The summed E-state index contributed by atoms with van der Waals surface area (Å²) in [6.07, 6.45) is 3.70. The van der Waals surface area contributed by atoms with Crippen LogP contribution < -0.4 is 5.56 Å². The Hall–Kier alpha value is -2.30. The van der Waals surface area contributed by atoms with E-state index in [1.165, 1.54) is 10.6 Å². The maximum Gasteiger partial charge on any atom is 0.289 e. The normalized spacial score (nSPS) is 10.6. The molecule has 0 aliphatic carbocycles. The zero-order chi connectivity index (χ0) is 15.2. The molecule has 2 aromatic heterocycles. The highest BCUT2D eigenvalue weighted by molar-refractivity contribution is 5.91. The number of furan rings is 1. The van der Waals surface area contributed by atoms with Crippen LogP contribution in [0.5, 0.6) is 0 Å². The van der Waals surface area contributed by atoms with Crippen molar-refractivity contribution in [1.82, 2.24) is 9.47 Å². The standard InChI is InChI=1S/C16H20N2O3/c1-3-4-10-17(2)16(20)14-9-8-13(21-14)12-18-11-6-5-7-15(18)19/h5-9,11H,3-4,10,12H2,1-2H3. The quantitative estimate of drug-likeness (QED) is 0.820. The lowest BCUT2D eigenvalue weighted by atomic mass is 10.3. The number of carbonyl (C=O) groups is 1. The van der Waals surface area contributed by atoms with Crippen molar-refractivity contribution < 1.29 is 9.21 Å². The number of rotatable bonds is 6. The molecule has 0 aromatic carbocycles. The third-order valence-electron chi connectivity index (χ3n) is 3.29. The van der Waals surface area contributed by atoms with Gasteiger partial charge in [-0.2, -0.15) is 0 Å². The lowest BCUT2D eigenvalue weighted by molar-refractivity contribution is 0.0759. The fraction of sp³-hybridized carbons (Fsp3) is 0.375. The van der Waals surface area contributed by atoms with Crippen molar-refractivity contribution >= 4 is 5.91 Å². The summed E-state index contributed by atoms with van der Waals surface area (Å²) in [6, 6.07) is 8.37. The zero-order valence-electron chi connectivity index (χ0n) is 12.4. The number of nitrogens with zero attached hydrogens (tertiary/aromatic N) is 2. The predicted octanol–water partition coefficient (Wildman–Crippen LogP) is 2.36. The molecular weight excluding hydrogens is 268 g/mol. The Morgan fingerprint density at radius 2 is 2.10 bits per heavy atom. The highest BCUT2D eigenvalue weighted by Gasteiger charge is 2.15. The van der Waals surface area contributed by atoms with Crippen molar-refractivity contribution in [3.05, 3.63) is 58.4 Å². The largest absolute Gasteiger partial charge is 0.454 e. The Labute approximate surface area is 123 Å². The van der Waals surface area contributed by atoms with E-state index < -0.39 is 0 Å². The van der Waals surface area contributed by atoms with Crippen LogP contribution >= 0.6 is 0 Å². The van der Waals surface area contributed by atoms with Crippen LogP contribution in [0, 0.1) is 0 Å². The van der Waals surface area contributed by atoms with Crippen LogP contribution in [0.2, 0.25) is 0 Å². The van der Waals surface area contributed by atoms with E-state index in [4.69, 9.17) is 4.42 Å². The molecule has 2 rings (SSSR count). The average Bonchev–Trinajstić information content (AvgIpc) is 2.95. The maximum atomic E-state index is 12.1. The van der Waals surface area contributed by atoms with Gasteiger partial charge in [0.15, 0.2) is 5.76 Å². The minimum atomic E-state index is -0.130. The molecule has 0 saturated carbocycles. The van der Waals surface area contributed by atoms with E-state index in [1.54, 1.807) is 42.4 Å². The van der Waals surface area contributed by atoms with E-state index in [-0.39, 0.29) is 11.5 Å². The van der Waals surface area contributed by atoms with Crippen LogP contribution in [0.25, 0.3) is 0 Å². The van der Waals surface area contributed by atoms with Gasteiger partial charge in [0.1, 0.15) is 5.76 Å². The number of pyridine rings is 1. The minimum absolute atomic E-state index is 0.0955. The number of unbranched alkanes of at least 4 members (excludes halogenated alkanes) is 1. The van der Waals surface area contributed by atoms with Crippen LogP contribution in [-0.2, 0) is 6.54 Å². The summed E-state index contributed by atoms with van der Waals surface area (Å²) in [5, 5.41) is 0. The van der Waals surface area contributed by atoms with Crippen molar-refractivity contribution in [2.24, 2.45) is 0 Å². The second kappa shape index (κ2) is 6.92. The van der Waals surface area contributed by atoms with Crippen LogP contribution in [0.15, 0.2) is 45.7 Å². The Morgan fingerprint density at radius 1 is 1.29 bits per heavy atom. The number of carbonyl (C=O) groups excluding carboxylic acids is 1. The summed E-state index contributed by atoms with van der Waals surface area (Å²) in [4.78, 5) is 25.4. The minimum Gasteiger partial charge on any atom is -0.454 e. The van der Waals surface area contributed by atoms with Crippen molar-refractivity contribution in [1.29, 1.82) is 0 Å². The number of aromatic nitrogens is 1. The summed E-state index contributed by atoms with van der Waals surface area (Å²) in [5.41, 5.74) is -0.0955. The second-order valence-electron chi connectivity index (χ2n) is 5.01. The van der Waals surface area contributed by atoms with Crippen LogP contribution in [0.4, 0.5) is 0 Å². The van der Waals surface area contributed by atoms with Gasteiger partial charge in [0.05, 0.1) is 6.54 Å². The molecule has 0 aliphatic rings. The van der Waals surface area contributed by atoms with Gasteiger partial charge in [-0.15, -0.1) is 0 Å². The van der Waals surface area contributed by atoms with Gasteiger partial charge in [-0.1, -0.05) is 19.4 Å². The average molecular weight is 288 g/mol. The van der Waals surface area contributed by atoms with Crippen LogP contribution in [0.3, 0.4) is 0 Å². The number of amides is 1. The molecule has 0 radical (unpaired) electrons. The van der Waals surface area contributed by atoms with Crippen LogP contribution in [0.1, 0.15) is 36.1 Å². The number of hydrogen-bond donors (Lipinski definition) is 0. The molecule has 5 heteroatoms. The Morgan fingerprint density at radius 3 is 2.81 bits per heavy atom. The first-order valence-corrected chi connectivity index (χ1v) is 7.11. The van der Waals surface area contributed by atoms with Gasteiger partial charge in [-0.25, -0.2) is 0 Å². The molecule has 0 bridgehead atoms. The fourth-order valence-corrected chi connectivity index (χ4v) is 2.02. The summed E-state index contributed by atoms with van der Waals surface area (Å²) in [5.74, 6) is 0.776. The van der Waals surface area contributed by atoms with E-state index >= 15 is 0 Å². The van der Waals surface area contributed by atoms with Gasteiger partial charge in [0, 0.05) is 25.9 Å². The van der Waals surface area contributed by atoms with E-state index in [0.29, 0.717) is 24.6 Å². The molecule has 1 amide bonds. The molecule has 2 heterocycles. The molecule has 0 fully saturated rings.